The highest BCUT2D eigenvalue weighted by atomic mass is 35.5. The molecular formula is C20H21Cl2N3O2. The first-order chi connectivity index (χ1) is 13.0. The fourth-order valence-electron chi connectivity index (χ4n) is 3.97. The van der Waals surface area contributed by atoms with Gasteiger partial charge in [0.05, 0.1) is 16.3 Å². The number of amides is 1. The van der Waals surface area contributed by atoms with Crippen LogP contribution >= 0.6 is 23.2 Å². The molecule has 5 nitrogen and oxygen atoms in total. The number of hydrogen-bond acceptors (Lipinski definition) is 3. The zero-order valence-electron chi connectivity index (χ0n) is 15.0. The number of fused-ring (bicyclic) bond motifs is 1. The van der Waals surface area contributed by atoms with Crippen molar-refractivity contribution in [1.29, 1.82) is 0 Å². The Bertz CT molecular complexity index is 933. The molecule has 1 aromatic carbocycles. The average Bonchev–Trinajstić information content (AvgIpc) is 3.09. The smallest absolute Gasteiger partial charge is 0.267 e. The van der Waals surface area contributed by atoms with Gasteiger partial charge in [0.25, 0.3) is 11.5 Å². The molecule has 0 atom stereocenters. The molecule has 1 saturated heterocycles. The summed E-state index contributed by atoms with van der Waals surface area (Å²) in [5.41, 5.74) is 2.65. The van der Waals surface area contributed by atoms with Crippen LogP contribution in [0.2, 0.25) is 10.0 Å². The predicted octanol–water partition coefficient (Wildman–Crippen LogP) is 3.59. The summed E-state index contributed by atoms with van der Waals surface area (Å²) in [7, 11) is 0. The van der Waals surface area contributed by atoms with Crippen LogP contribution in [-0.2, 0) is 19.4 Å². The summed E-state index contributed by atoms with van der Waals surface area (Å²) in [6, 6.07) is 6.69. The molecule has 0 N–H and O–H groups in total. The molecule has 142 valence electrons. The standard InChI is InChI=1S/C20H21Cl2N3O2/c21-15-4-5-16(17(22)11-15)20(27)24-8-6-13(7-9-24)12-25-19(26)10-14-2-1-3-18(14)23-25/h4-5,10-11,13H,1-3,6-9,12H2. The minimum atomic E-state index is -0.0667. The molecule has 4 rings (SSSR count). The summed E-state index contributed by atoms with van der Waals surface area (Å²) in [6.45, 7) is 1.93. The maximum atomic E-state index is 12.7. The number of halogens is 2. The molecule has 0 bridgehead atoms. The predicted molar refractivity (Wildman–Crippen MR) is 106 cm³/mol. The van der Waals surface area contributed by atoms with Gasteiger partial charge >= 0.3 is 0 Å². The minimum Gasteiger partial charge on any atom is -0.339 e. The van der Waals surface area contributed by atoms with Crippen LogP contribution in [-0.4, -0.2) is 33.7 Å². The molecule has 2 aromatic rings. The average molecular weight is 406 g/mol. The molecule has 27 heavy (non-hydrogen) atoms. The number of nitrogens with zero attached hydrogens (tertiary/aromatic N) is 3. The van der Waals surface area contributed by atoms with Crippen molar-refractivity contribution in [2.75, 3.05) is 13.1 Å². The molecule has 0 saturated carbocycles. The molecule has 1 amide bonds. The van der Waals surface area contributed by atoms with Gasteiger partial charge in [-0.15, -0.1) is 0 Å². The highest BCUT2D eigenvalue weighted by Gasteiger charge is 2.26. The van der Waals surface area contributed by atoms with Crippen LogP contribution in [0.3, 0.4) is 0 Å². The first kappa shape index (κ1) is 18.5. The summed E-state index contributed by atoms with van der Waals surface area (Å²) in [5.74, 6) is 0.280. The van der Waals surface area contributed by atoms with Gasteiger partial charge in [-0.05, 0) is 61.8 Å². The van der Waals surface area contributed by atoms with Gasteiger partial charge < -0.3 is 4.90 Å². The quantitative estimate of drug-likeness (QED) is 0.783. The second-order valence-corrected chi connectivity index (χ2v) is 8.19. The molecule has 1 aliphatic carbocycles. The minimum absolute atomic E-state index is 0.0119. The van der Waals surface area contributed by atoms with E-state index in [-0.39, 0.29) is 11.5 Å². The van der Waals surface area contributed by atoms with Gasteiger partial charge in [-0.1, -0.05) is 23.2 Å². The zero-order valence-corrected chi connectivity index (χ0v) is 16.5. The third-order valence-corrected chi connectivity index (χ3v) is 6.07. The lowest BCUT2D eigenvalue weighted by molar-refractivity contribution is 0.0680. The number of aromatic nitrogens is 2. The van der Waals surface area contributed by atoms with E-state index < -0.39 is 0 Å². The van der Waals surface area contributed by atoms with Crippen molar-refractivity contribution in [3.8, 4) is 0 Å². The van der Waals surface area contributed by atoms with E-state index >= 15 is 0 Å². The molecule has 2 aliphatic rings. The first-order valence-electron chi connectivity index (χ1n) is 9.35. The van der Waals surface area contributed by atoms with E-state index in [0.29, 0.717) is 41.2 Å². The topological polar surface area (TPSA) is 55.2 Å². The van der Waals surface area contributed by atoms with E-state index in [1.54, 1.807) is 28.9 Å². The fourth-order valence-corrected chi connectivity index (χ4v) is 4.46. The molecule has 0 radical (unpaired) electrons. The Hall–Kier alpha value is -1.85. The van der Waals surface area contributed by atoms with Crippen molar-refractivity contribution < 1.29 is 4.79 Å². The zero-order chi connectivity index (χ0) is 19.0. The van der Waals surface area contributed by atoms with Gasteiger partial charge in [0.1, 0.15) is 0 Å². The van der Waals surface area contributed by atoms with Crippen LogP contribution in [0, 0.1) is 5.92 Å². The second-order valence-electron chi connectivity index (χ2n) is 7.35. The van der Waals surface area contributed by atoms with Crippen LogP contribution in [0.1, 0.15) is 40.9 Å². The van der Waals surface area contributed by atoms with Crippen molar-refractivity contribution in [2.24, 2.45) is 5.92 Å². The monoisotopic (exact) mass is 405 g/mol. The Balaban J connectivity index is 1.39. The molecule has 2 heterocycles. The van der Waals surface area contributed by atoms with E-state index in [0.717, 1.165) is 43.4 Å². The number of carbonyl (C=O) groups is 1. The molecule has 1 aromatic heterocycles. The third kappa shape index (κ3) is 3.90. The fraction of sp³-hybridized carbons (Fsp3) is 0.450. The number of aryl methyl sites for hydroxylation is 2. The van der Waals surface area contributed by atoms with Crippen LogP contribution in [0.25, 0.3) is 0 Å². The lowest BCUT2D eigenvalue weighted by atomic mass is 9.96. The van der Waals surface area contributed by atoms with Gasteiger partial charge in [0, 0.05) is 30.7 Å². The summed E-state index contributed by atoms with van der Waals surface area (Å²) in [6.07, 6.45) is 4.71. The van der Waals surface area contributed by atoms with Crippen LogP contribution in [0.4, 0.5) is 0 Å². The lowest BCUT2D eigenvalue weighted by Gasteiger charge is -2.32. The van der Waals surface area contributed by atoms with Gasteiger partial charge in [0.15, 0.2) is 0 Å². The maximum absolute atomic E-state index is 12.7. The highest BCUT2D eigenvalue weighted by molar-refractivity contribution is 6.36. The number of hydrogen-bond donors (Lipinski definition) is 0. The van der Waals surface area contributed by atoms with E-state index in [9.17, 15) is 9.59 Å². The molecule has 7 heteroatoms. The van der Waals surface area contributed by atoms with Gasteiger partial charge in [-0.3, -0.25) is 9.59 Å². The third-order valence-electron chi connectivity index (χ3n) is 5.52. The molecular weight excluding hydrogens is 385 g/mol. The maximum Gasteiger partial charge on any atom is 0.267 e. The Labute approximate surface area is 167 Å². The lowest BCUT2D eigenvalue weighted by Crippen LogP contribution is -2.40. The normalized spacial score (nSPS) is 17.2. The van der Waals surface area contributed by atoms with E-state index in [2.05, 4.69) is 5.10 Å². The van der Waals surface area contributed by atoms with Gasteiger partial charge in [0.2, 0.25) is 0 Å². The number of benzene rings is 1. The van der Waals surface area contributed by atoms with Gasteiger partial charge in [-0.25, -0.2) is 4.68 Å². The number of likely N-dealkylation sites (tertiary alicyclic amines) is 1. The van der Waals surface area contributed by atoms with Crippen molar-refractivity contribution in [1.82, 2.24) is 14.7 Å². The Morgan fingerprint density at radius 1 is 1.15 bits per heavy atom. The van der Waals surface area contributed by atoms with Crippen molar-refractivity contribution in [3.63, 3.8) is 0 Å². The van der Waals surface area contributed by atoms with Crippen molar-refractivity contribution >= 4 is 29.1 Å². The van der Waals surface area contributed by atoms with E-state index in [1.807, 2.05) is 4.90 Å². The Morgan fingerprint density at radius 3 is 2.67 bits per heavy atom. The number of piperidine rings is 1. The molecule has 1 aliphatic heterocycles. The molecule has 1 fully saturated rings. The second kappa shape index (κ2) is 7.64. The molecule has 0 unspecified atom stereocenters. The van der Waals surface area contributed by atoms with E-state index in [1.165, 1.54) is 0 Å². The van der Waals surface area contributed by atoms with Crippen molar-refractivity contribution in [2.45, 2.75) is 38.6 Å². The summed E-state index contributed by atoms with van der Waals surface area (Å²) < 4.78 is 1.61. The Kier molecular flexibility index (Phi) is 5.24. The SMILES string of the molecule is O=C(c1ccc(Cl)cc1Cl)N1CCC(Cn2nc3c(cc2=O)CCC3)CC1. The van der Waals surface area contributed by atoms with Gasteiger partial charge in [-0.2, -0.15) is 5.10 Å². The highest BCUT2D eigenvalue weighted by Crippen LogP contribution is 2.25. The van der Waals surface area contributed by atoms with Crippen LogP contribution < -0.4 is 5.56 Å². The number of carbonyl (C=O) groups excluding carboxylic acids is 1. The summed E-state index contributed by atoms with van der Waals surface area (Å²) >= 11 is 12.1. The largest absolute Gasteiger partial charge is 0.339 e. The number of rotatable bonds is 3. The summed E-state index contributed by atoms with van der Waals surface area (Å²) in [4.78, 5) is 26.8. The first-order valence-corrected chi connectivity index (χ1v) is 10.1. The van der Waals surface area contributed by atoms with Crippen LogP contribution in [0.15, 0.2) is 29.1 Å². The summed E-state index contributed by atoms with van der Waals surface area (Å²) in [5, 5.41) is 5.46. The van der Waals surface area contributed by atoms with Crippen molar-refractivity contribution in [3.05, 3.63) is 61.5 Å². The van der Waals surface area contributed by atoms with Crippen LogP contribution in [0.5, 0.6) is 0 Å². The Morgan fingerprint density at radius 2 is 1.93 bits per heavy atom. The van der Waals surface area contributed by atoms with E-state index in [4.69, 9.17) is 23.2 Å². The molecule has 0 spiro atoms.